The second-order valence-electron chi connectivity index (χ2n) is 10.7. The number of amides is 1. The molecule has 5 rings (SSSR count). The molecule has 3 fully saturated rings. The highest BCUT2D eigenvalue weighted by Gasteiger charge is 2.47. The summed E-state index contributed by atoms with van der Waals surface area (Å²) in [6.07, 6.45) is 0.920. The van der Waals surface area contributed by atoms with E-state index in [9.17, 15) is 18.4 Å². The SMILES string of the molecule is CCc1[nH]c2nc(N3CCC(=C(F)F)CC3)nn2c(=O)c1N1CCN(C(=O)OC(C)(C)C)[C@@H]2CC[C@H]21. The highest BCUT2D eigenvalue weighted by atomic mass is 19.3. The molecule has 2 aromatic heterocycles. The number of carbonyl (C=O) groups is 1. The predicted molar refractivity (Wildman–Crippen MR) is 131 cm³/mol. The lowest BCUT2D eigenvalue weighted by molar-refractivity contribution is -0.00451. The van der Waals surface area contributed by atoms with Crippen molar-refractivity contribution < 1.29 is 18.3 Å². The van der Waals surface area contributed by atoms with Crippen molar-refractivity contribution in [2.24, 2.45) is 0 Å². The zero-order valence-corrected chi connectivity index (χ0v) is 21.2. The van der Waals surface area contributed by atoms with E-state index < -0.39 is 11.7 Å². The zero-order valence-electron chi connectivity index (χ0n) is 21.2. The van der Waals surface area contributed by atoms with Crippen molar-refractivity contribution in [1.29, 1.82) is 0 Å². The molecule has 1 amide bonds. The summed E-state index contributed by atoms with van der Waals surface area (Å²) in [6.45, 7) is 9.27. The second-order valence-corrected chi connectivity index (χ2v) is 10.7. The molecule has 0 aromatic carbocycles. The molecule has 0 spiro atoms. The van der Waals surface area contributed by atoms with E-state index in [4.69, 9.17) is 4.74 Å². The molecule has 0 bridgehead atoms. The van der Waals surface area contributed by atoms with Gasteiger partial charge < -0.3 is 24.4 Å². The Hall–Kier alpha value is -3.18. The number of aromatic nitrogens is 4. The first-order valence-electron chi connectivity index (χ1n) is 12.6. The monoisotopic (exact) mass is 505 g/mol. The quantitative estimate of drug-likeness (QED) is 0.683. The molecule has 2 aromatic rings. The first kappa shape index (κ1) is 24.5. The van der Waals surface area contributed by atoms with Crippen molar-refractivity contribution in [3.8, 4) is 0 Å². The van der Waals surface area contributed by atoms with Gasteiger partial charge in [0.15, 0.2) is 0 Å². The number of halogens is 2. The Bertz CT molecular complexity index is 1250. The fourth-order valence-electron chi connectivity index (χ4n) is 5.36. The molecule has 4 heterocycles. The maximum absolute atomic E-state index is 13.7. The maximum Gasteiger partial charge on any atom is 0.410 e. The van der Waals surface area contributed by atoms with Crippen molar-refractivity contribution in [1.82, 2.24) is 24.5 Å². The number of fused-ring (bicyclic) bond motifs is 2. The van der Waals surface area contributed by atoms with E-state index in [2.05, 4.69) is 20.0 Å². The molecule has 196 valence electrons. The molecule has 10 nitrogen and oxygen atoms in total. The minimum atomic E-state index is -1.61. The van der Waals surface area contributed by atoms with Crippen molar-refractivity contribution in [2.45, 2.75) is 77.5 Å². The fourth-order valence-corrected chi connectivity index (χ4v) is 5.36. The third-order valence-corrected chi connectivity index (χ3v) is 7.31. The molecule has 2 saturated heterocycles. The molecule has 2 aliphatic heterocycles. The number of H-pyrrole nitrogens is 1. The van der Waals surface area contributed by atoms with E-state index in [1.165, 1.54) is 4.52 Å². The molecule has 0 unspecified atom stereocenters. The Morgan fingerprint density at radius 3 is 2.39 bits per heavy atom. The Labute approximate surface area is 207 Å². The number of nitrogens with one attached hydrogen (secondary N) is 1. The minimum absolute atomic E-state index is 0.00814. The van der Waals surface area contributed by atoms with Gasteiger partial charge in [0.25, 0.3) is 11.6 Å². The summed E-state index contributed by atoms with van der Waals surface area (Å²) in [5, 5.41) is 4.46. The number of aryl methyl sites for hydroxylation is 1. The van der Waals surface area contributed by atoms with Gasteiger partial charge in [-0.05, 0) is 58.4 Å². The van der Waals surface area contributed by atoms with E-state index >= 15 is 0 Å². The van der Waals surface area contributed by atoms with E-state index in [1.54, 1.807) is 4.90 Å². The van der Waals surface area contributed by atoms with Crippen LogP contribution < -0.4 is 15.4 Å². The van der Waals surface area contributed by atoms with Crippen LogP contribution in [-0.4, -0.2) is 74.4 Å². The van der Waals surface area contributed by atoms with Crippen LogP contribution in [0.5, 0.6) is 0 Å². The van der Waals surface area contributed by atoms with Crippen LogP contribution in [0.3, 0.4) is 0 Å². The number of hydrogen-bond donors (Lipinski definition) is 1. The van der Waals surface area contributed by atoms with Gasteiger partial charge in [-0.15, -0.1) is 5.10 Å². The van der Waals surface area contributed by atoms with Gasteiger partial charge in [0.05, 0.1) is 6.04 Å². The molecule has 0 radical (unpaired) electrons. The fraction of sp³-hybridized carbons (Fsp3) is 0.667. The van der Waals surface area contributed by atoms with Gasteiger partial charge in [-0.1, -0.05) is 6.92 Å². The van der Waals surface area contributed by atoms with Crippen LogP contribution in [0, 0.1) is 0 Å². The topological polar surface area (TPSA) is 99.1 Å². The third kappa shape index (κ3) is 4.30. The van der Waals surface area contributed by atoms with Gasteiger partial charge in [0.1, 0.15) is 11.3 Å². The third-order valence-electron chi connectivity index (χ3n) is 7.31. The van der Waals surface area contributed by atoms with Gasteiger partial charge >= 0.3 is 6.09 Å². The van der Waals surface area contributed by atoms with Crippen molar-refractivity contribution in [3.63, 3.8) is 0 Å². The van der Waals surface area contributed by atoms with Crippen LogP contribution in [0.4, 0.5) is 25.2 Å². The van der Waals surface area contributed by atoms with E-state index in [-0.39, 0.29) is 42.2 Å². The van der Waals surface area contributed by atoms with E-state index in [1.807, 2.05) is 32.6 Å². The summed E-state index contributed by atoms with van der Waals surface area (Å²) in [7, 11) is 0. The van der Waals surface area contributed by atoms with Crippen molar-refractivity contribution in [2.75, 3.05) is 36.0 Å². The minimum Gasteiger partial charge on any atom is -0.444 e. The smallest absolute Gasteiger partial charge is 0.410 e. The molecule has 2 atom stereocenters. The van der Waals surface area contributed by atoms with Crippen LogP contribution in [-0.2, 0) is 11.2 Å². The Morgan fingerprint density at radius 1 is 1.11 bits per heavy atom. The molecule has 1 N–H and O–H groups in total. The lowest BCUT2D eigenvalue weighted by Crippen LogP contribution is -2.67. The maximum atomic E-state index is 13.7. The van der Waals surface area contributed by atoms with Crippen molar-refractivity contribution in [3.05, 3.63) is 27.7 Å². The van der Waals surface area contributed by atoms with Crippen LogP contribution in [0.2, 0.25) is 0 Å². The average molecular weight is 506 g/mol. The van der Waals surface area contributed by atoms with Gasteiger partial charge in [-0.25, -0.2) is 4.79 Å². The largest absolute Gasteiger partial charge is 0.444 e. The zero-order chi connectivity index (χ0) is 25.8. The number of carbonyl (C=O) groups excluding carboxylic acids is 1. The molecule has 12 heteroatoms. The number of piperazine rings is 1. The predicted octanol–water partition coefficient (Wildman–Crippen LogP) is 3.32. The Morgan fingerprint density at radius 2 is 1.81 bits per heavy atom. The molecular formula is C24H33F2N7O3. The number of nitrogens with zero attached hydrogens (tertiary/aromatic N) is 6. The standard InChI is InChI=1S/C24H33F2N7O3/c1-5-15-18(31-12-13-32(17-7-6-16(17)31)23(35)36-24(2,3)4)20(34)33-21(27-15)28-22(29-33)30-10-8-14(9-11-30)19(25)26/h16-17H,5-13H2,1-4H3,(H,27,28,29)/t16-,17-/m1/s1. The highest BCUT2D eigenvalue weighted by molar-refractivity contribution is 5.70. The number of rotatable bonds is 3. The molecule has 36 heavy (non-hydrogen) atoms. The van der Waals surface area contributed by atoms with Gasteiger partial charge in [-0.2, -0.15) is 18.3 Å². The van der Waals surface area contributed by atoms with Gasteiger partial charge in [0, 0.05) is 37.9 Å². The number of anilines is 2. The van der Waals surface area contributed by atoms with Crippen LogP contribution >= 0.6 is 0 Å². The summed E-state index contributed by atoms with van der Waals surface area (Å²) in [6, 6.07) is 0.0206. The number of hydrogen-bond acceptors (Lipinski definition) is 7. The summed E-state index contributed by atoms with van der Waals surface area (Å²) < 4.78 is 32.7. The summed E-state index contributed by atoms with van der Waals surface area (Å²) >= 11 is 0. The lowest BCUT2D eigenvalue weighted by Gasteiger charge is -2.54. The summed E-state index contributed by atoms with van der Waals surface area (Å²) in [5.74, 6) is 0.697. The molecular weight excluding hydrogens is 472 g/mol. The number of aromatic amines is 1. The second kappa shape index (κ2) is 9.04. The van der Waals surface area contributed by atoms with E-state index in [0.717, 1.165) is 18.5 Å². The molecule has 3 aliphatic rings. The van der Waals surface area contributed by atoms with Crippen molar-refractivity contribution >= 4 is 23.5 Å². The molecule has 1 saturated carbocycles. The van der Waals surface area contributed by atoms with Crippen LogP contribution in [0.25, 0.3) is 5.78 Å². The lowest BCUT2D eigenvalue weighted by atomic mass is 9.81. The first-order chi connectivity index (χ1) is 17.1. The van der Waals surface area contributed by atoms with Gasteiger partial charge in [0.2, 0.25) is 11.7 Å². The normalized spacial score (nSPS) is 22.5. The van der Waals surface area contributed by atoms with E-state index in [0.29, 0.717) is 50.0 Å². The summed E-state index contributed by atoms with van der Waals surface area (Å²) in [5.41, 5.74) is 0.669. The van der Waals surface area contributed by atoms with Gasteiger partial charge in [-0.3, -0.25) is 4.79 Å². The highest BCUT2D eigenvalue weighted by Crippen LogP contribution is 2.37. The first-order valence-corrected chi connectivity index (χ1v) is 12.6. The van der Waals surface area contributed by atoms with Crippen LogP contribution in [0.1, 0.15) is 59.1 Å². The van der Waals surface area contributed by atoms with Crippen LogP contribution in [0.15, 0.2) is 16.4 Å². The Balaban J connectivity index is 1.42. The summed E-state index contributed by atoms with van der Waals surface area (Å²) in [4.78, 5) is 40.0. The number of piperidine rings is 1. The average Bonchev–Trinajstić information content (AvgIpc) is 3.23. The Kier molecular flexibility index (Phi) is 6.16. The number of ether oxygens (including phenoxy) is 1. The molecule has 1 aliphatic carbocycles.